The van der Waals surface area contributed by atoms with E-state index >= 15 is 0 Å². The number of halogens is 1. The monoisotopic (exact) mass is 338 g/mol. The van der Waals surface area contributed by atoms with Crippen molar-refractivity contribution < 1.29 is 8.42 Å². The summed E-state index contributed by atoms with van der Waals surface area (Å²) in [6.45, 7) is 3.51. The second-order valence-electron chi connectivity index (χ2n) is 4.22. The topological polar surface area (TPSA) is 63.4 Å². The van der Waals surface area contributed by atoms with Crippen molar-refractivity contribution in [3.8, 4) is 0 Å². The smallest absolute Gasteiger partial charge is 0.244 e. The summed E-state index contributed by atoms with van der Waals surface area (Å²) in [4.78, 5) is 1.25. The SMILES string of the molecule is Cc1sc(Br)cc1S(=O)(=O)N1CC[C@@H](CN)C1. The number of aryl methyl sites for hydroxylation is 1. The van der Waals surface area contributed by atoms with Crippen molar-refractivity contribution >= 4 is 37.3 Å². The highest BCUT2D eigenvalue weighted by Crippen LogP contribution is 2.33. The van der Waals surface area contributed by atoms with Gasteiger partial charge in [-0.1, -0.05) is 0 Å². The molecule has 0 saturated carbocycles. The molecule has 7 heteroatoms. The van der Waals surface area contributed by atoms with E-state index < -0.39 is 10.0 Å². The van der Waals surface area contributed by atoms with Crippen molar-refractivity contribution in [3.63, 3.8) is 0 Å². The summed E-state index contributed by atoms with van der Waals surface area (Å²) in [5, 5.41) is 0. The van der Waals surface area contributed by atoms with Gasteiger partial charge >= 0.3 is 0 Å². The van der Waals surface area contributed by atoms with E-state index in [-0.39, 0.29) is 0 Å². The number of rotatable bonds is 3. The van der Waals surface area contributed by atoms with Gasteiger partial charge < -0.3 is 5.73 Å². The predicted octanol–water partition coefficient (Wildman–Crippen LogP) is 1.79. The Morgan fingerprint density at radius 3 is 2.82 bits per heavy atom. The lowest BCUT2D eigenvalue weighted by molar-refractivity contribution is 0.459. The maximum atomic E-state index is 12.4. The van der Waals surface area contributed by atoms with Crippen LogP contribution in [-0.2, 0) is 10.0 Å². The zero-order valence-electron chi connectivity index (χ0n) is 9.52. The highest BCUT2D eigenvalue weighted by molar-refractivity contribution is 9.11. The number of sulfonamides is 1. The molecule has 0 unspecified atom stereocenters. The van der Waals surface area contributed by atoms with Crippen LogP contribution in [0.3, 0.4) is 0 Å². The van der Waals surface area contributed by atoms with Gasteiger partial charge in [-0.15, -0.1) is 11.3 Å². The summed E-state index contributed by atoms with van der Waals surface area (Å²) < 4.78 is 27.2. The normalized spacial score (nSPS) is 22.2. The fourth-order valence-corrected chi connectivity index (χ4v) is 5.95. The maximum Gasteiger partial charge on any atom is 0.244 e. The van der Waals surface area contributed by atoms with Crippen LogP contribution < -0.4 is 5.73 Å². The zero-order valence-corrected chi connectivity index (χ0v) is 12.7. The van der Waals surface area contributed by atoms with Crippen LogP contribution in [0.2, 0.25) is 0 Å². The molecule has 4 nitrogen and oxygen atoms in total. The Kier molecular flexibility index (Phi) is 3.94. The Bertz CT molecular complexity index is 512. The van der Waals surface area contributed by atoms with Gasteiger partial charge in [-0.3, -0.25) is 0 Å². The van der Waals surface area contributed by atoms with Crippen LogP contribution in [0.1, 0.15) is 11.3 Å². The first-order valence-corrected chi connectivity index (χ1v) is 8.46. The van der Waals surface area contributed by atoms with Gasteiger partial charge in [0.2, 0.25) is 10.0 Å². The van der Waals surface area contributed by atoms with Gasteiger partial charge in [-0.2, -0.15) is 4.31 Å². The van der Waals surface area contributed by atoms with E-state index in [2.05, 4.69) is 15.9 Å². The molecular weight excluding hydrogens is 324 g/mol. The molecule has 17 heavy (non-hydrogen) atoms. The van der Waals surface area contributed by atoms with Crippen LogP contribution in [-0.4, -0.2) is 32.4 Å². The van der Waals surface area contributed by atoms with Gasteiger partial charge in [-0.05, 0) is 47.8 Å². The minimum Gasteiger partial charge on any atom is -0.330 e. The van der Waals surface area contributed by atoms with Crippen LogP contribution in [0, 0.1) is 12.8 Å². The molecule has 1 atom stereocenters. The highest BCUT2D eigenvalue weighted by Gasteiger charge is 2.33. The molecule has 1 fully saturated rings. The summed E-state index contributed by atoms with van der Waals surface area (Å²) >= 11 is 4.77. The zero-order chi connectivity index (χ0) is 12.6. The molecule has 0 bridgehead atoms. The van der Waals surface area contributed by atoms with Crippen LogP contribution >= 0.6 is 27.3 Å². The number of hydrogen-bond donors (Lipinski definition) is 1. The van der Waals surface area contributed by atoms with E-state index in [9.17, 15) is 8.42 Å². The molecule has 0 aliphatic carbocycles. The molecule has 0 radical (unpaired) electrons. The number of thiophene rings is 1. The molecule has 1 aromatic rings. The Morgan fingerprint density at radius 1 is 1.65 bits per heavy atom. The van der Waals surface area contributed by atoms with Crippen molar-refractivity contribution in [3.05, 3.63) is 14.7 Å². The summed E-state index contributed by atoms with van der Waals surface area (Å²) in [5.41, 5.74) is 5.59. The average Bonchev–Trinajstić information content (AvgIpc) is 2.85. The van der Waals surface area contributed by atoms with Crippen molar-refractivity contribution in [2.75, 3.05) is 19.6 Å². The predicted molar refractivity (Wildman–Crippen MR) is 72.7 cm³/mol. The van der Waals surface area contributed by atoms with Crippen LogP contribution in [0.5, 0.6) is 0 Å². The molecule has 1 aromatic heterocycles. The van der Waals surface area contributed by atoms with Gasteiger partial charge in [0.25, 0.3) is 0 Å². The van der Waals surface area contributed by atoms with Gasteiger partial charge in [0.05, 0.1) is 8.68 Å². The van der Waals surface area contributed by atoms with Crippen LogP contribution in [0.25, 0.3) is 0 Å². The Labute approximate surface area is 114 Å². The third kappa shape index (κ3) is 2.58. The average molecular weight is 339 g/mol. The summed E-state index contributed by atoms with van der Waals surface area (Å²) in [5.74, 6) is 0.298. The first-order chi connectivity index (χ1) is 7.95. The molecule has 2 heterocycles. The molecule has 0 aromatic carbocycles. The van der Waals surface area contributed by atoms with Gasteiger partial charge in [0.1, 0.15) is 0 Å². The quantitative estimate of drug-likeness (QED) is 0.913. The third-order valence-electron chi connectivity index (χ3n) is 3.04. The number of nitrogens with two attached hydrogens (primary N) is 1. The van der Waals surface area contributed by atoms with Gasteiger partial charge in [0.15, 0.2) is 0 Å². The Balaban J connectivity index is 2.28. The van der Waals surface area contributed by atoms with E-state index in [4.69, 9.17) is 5.73 Å². The van der Waals surface area contributed by atoms with Crippen LogP contribution in [0.4, 0.5) is 0 Å². The van der Waals surface area contributed by atoms with E-state index in [0.717, 1.165) is 15.1 Å². The molecule has 2 rings (SSSR count). The van der Waals surface area contributed by atoms with E-state index in [1.807, 2.05) is 6.92 Å². The van der Waals surface area contributed by atoms with Gasteiger partial charge in [0, 0.05) is 18.0 Å². The largest absolute Gasteiger partial charge is 0.330 e. The second-order valence-corrected chi connectivity index (χ2v) is 8.77. The number of hydrogen-bond acceptors (Lipinski definition) is 4. The Hall–Kier alpha value is 0.0500. The minimum absolute atomic E-state index is 0.298. The second kappa shape index (κ2) is 4.97. The molecule has 1 aliphatic heterocycles. The third-order valence-corrected chi connectivity index (χ3v) is 6.72. The van der Waals surface area contributed by atoms with Crippen LogP contribution in [0.15, 0.2) is 14.7 Å². The summed E-state index contributed by atoms with van der Waals surface area (Å²) in [6, 6.07) is 1.69. The van der Waals surface area contributed by atoms with Crippen molar-refractivity contribution in [1.29, 1.82) is 0 Å². The van der Waals surface area contributed by atoms with Crippen molar-refractivity contribution in [2.24, 2.45) is 11.7 Å². The lowest BCUT2D eigenvalue weighted by Crippen LogP contribution is -2.30. The molecule has 0 amide bonds. The Morgan fingerprint density at radius 2 is 2.35 bits per heavy atom. The standard InChI is InChI=1S/C10H15BrN2O2S2/c1-7-9(4-10(11)16-7)17(14,15)13-3-2-8(5-12)6-13/h4,8H,2-3,5-6,12H2,1H3/t8-/m0/s1. The van der Waals surface area contributed by atoms with Crippen molar-refractivity contribution in [1.82, 2.24) is 4.31 Å². The van der Waals surface area contributed by atoms with E-state index in [1.165, 1.54) is 11.3 Å². The molecule has 1 saturated heterocycles. The minimum atomic E-state index is -3.33. The lowest BCUT2D eigenvalue weighted by atomic mass is 10.1. The first-order valence-electron chi connectivity index (χ1n) is 5.41. The van der Waals surface area contributed by atoms with E-state index in [0.29, 0.717) is 30.4 Å². The number of nitrogens with zero attached hydrogens (tertiary/aromatic N) is 1. The molecular formula is C10H15BrN2O2S2. The molecule has 96 valence electrons. The molecule has 1 aliphatic rings. The first kappa shape index (κ1) is 13.5. The highest BCUT2D eigenvalue weighted by atomic mass is 79.9. The van der Waals surface area contributed by atoms with Gasteiger partial charge in [-0.25, -0.2) is 8.42 Å². The van der Waals surface area contributed by atoms with Crippen molar-refractivity contribution in [2.45, 2.75) is 18.2 Å². The molecule has 2 N–H and O–H groups in total. The fourth-order valence-electron chi connectivity index (χ4n) is 2.03. The summed E-state index contributed by atoms with van der Waals surface area (Å²) in [6.07, 6.45) is 0.861. The van der Waals surface area contributed by atoms with E-state index in [1.54, 1.807) is 10.4 Å². The summed E-state index contributed by atoms with van der Waals surface area (Å²) in [7, 11) is -3.33. The fraction of sp³-hybridized carbons (Fsp3) is 0.600. The lowest BCUT2D eigenvalue weighted by Gasteiger charge is -2.15. The molecule has 0 spiro atoms. The maximum absolute atomic E-state index is 12.4.